The monoisotopic (exact) mass is 209 g/mol. The van der Waals surface area contributed by atoms with Gasteiger partial charge in [0.2, 0.25) is 0 Å². The summed E-state index contributed by atoms with van der Waals surface area (Å²) in [6, 6.07) is 1.53. The van der Waals surface area contributed by atoms with Crippen molar-refractivity contribution in [3.05, 3.63) is 11.8 Å². The van der Waals surface area contributed by atoms with Crippen LogP contribution >= 0.6 is 0 Å². The van der Waals surface area contributed by atoms with Gasteiger partial charge in [0.1, 0.15) is 11.5 Å². The number of amides is 1. The van der Waals surface area contributed by atoms with E-state index in [2.05, 4.69) is 15.6 Å². The van der Waals surface area contributed by atoms with Crippen LogP contribution in [0, 0.1) is 0 Å². The van der Waals surface area contributed by atoms with Gasteiger partial charge in [0.05, 0.1) is 0 Å². The second-order valence-corrected chi connectivity index (χ2v) is 3.70. The molecule has 2 rings (SSSR count). The Bertz CT molecular complexity index is 342. The predicted molar refractivity (Wildman–Crippen MR) is 55.9 cm³/mol. The molecule has 1 aliphatic heterocycles. The number of H-pyrrole nitrogens is 1. The van der Waals surface area contributed by atoms with Gasteiger partial charge >= 0.3 is 0 Å². The van der Waals surface area contributed by atoms with E-state index in [1.54, 1.807) is 0 Å². The van der Waals surface area contributed by atoms with E-state index >= 15 is 0 Å². The van der Waals surface area contributed by atoms with Gasteiger partial charge in [-0.1, -0.05) is 6.42 Å². The minimum Gasteiger partial charge on any atom is -0.382 e. The second-order valence-electron chi connectivity index (χ2n) is 3.70. The average Bonchev–Trinajstić information content (AvgIpc) is 2.66. The second kappa shape index (κ2) is 4.31. The predicted octanol–water partition coefficient (Wildman–Crippen LogP) is 0.123. The maximum absolute atomic E-state index is 11.6. The zero-order chi connectivity index (χ0) is 10.7. The standard InChI is InChI=1S/C9H15N5O/c10-8-6-7(11-12-8)9(15)13-14-4-2-1-3-5-14/h6H,1-5H2,(H,13,15)(H3,10,11,12). The number of nitrogens with zero attached hydrogens (tertiary/aromatic N) is 2. The molecular weight excluding hydrogens is 194 g/mol. The average molecular weight is 209 g/mol. The van der Waals surface area contributed by atoms with Crippen molar-refractivity contribution in [1.29, 1.82) is 0 Å². The van der Waals surface area contributed by atoms with Crippen molar-refractivity contribution in [2.24, 2.45) is 0 Å². The summed E-state index contributed by atoms with van der Waals surface area (Å²) in [5.74, 6) is 0.153. The third kappa shape index (κ3) is 2.47. The van der Waals surface area contributed by atoms with E-state index in [9.17, 15) is 4.79 Å². The fourth-order valence-corrected chi connectivity index (χ4v) is 1.66. The molecular formula is C9H15N5O. The first-order valence-electron chi connectivity index (χ1n) is 5.12. The van der Waals surface area contributed by atoms with Crippen molar-refractivity contribution in [1.82, 2.24) is 20.6 Å². The lowest BCUT2D eigenvalue weighted by Gasteiger charge is -2.26. The summed E-state index contributed by atoms with van der Waals surface area (Å²) in [5.41, 5.74) is 8.63. The molecule has 0 unspecified atom stereocenters. The first kappa shape index (κ1) is 9.97. The largest absolute Gasteiger partial charge is 0.382 e. The number of hydrazine groups is 1. The van der Waals surface area contributed by atoms with Gasteiger partial charge in [0.15, 0.2) is 0 Å². The Morgan fingerprint density at radius 1 is 1.47 bits per heavy atom. The third-order valence-corrected chi connectivity index (χ3v) is 2.46. The highest BCUT2D eigenvalue weighted by atomic mass is 16.2. The van der Waals surface area contributed by atoms with Crippen LogP contribution in [0.1, 0.15) is 29.8 Å². The first-order valence-corrected chi connectivity index (χ1v) is 5.12. The zero-order valence-electron chi connectivity index (χ0n) is 8.49. The minimum absolute atomic E-state index is 0.180. The van der Waals surface area contributed by atoms with Crippen LogP contribution in [-0.2, 0) is 0 Å². The number of hydrogen-bond donors (Lipinski definition) is 3. The minimum atomic E-state index is -0.180. The van der Waals surface area contributed by atoms with Crippen LogP contribution in [0.3, 0.4) is 0 Å². The van der Waals surface area contributed by atoms with E-state index in [0.29, 0.717) is 11.5 Å². The summed E-state index contributed by atoms with van der Waals surface area (Å²) < 4.78 is 0. The van der Waals surface area contributed by atoms with Crippen LogP contribution in [0.5, 0.6) is 0 Å². The Balaban J connectivity index is 1.91. The van der Waals surface area contributed by atoms with Crippen LogP contribution in [0.25, 0.3) is 0 Å². The lowest BCUT2D eigenvalue weighted by atomic mass is 10.2. The number of nitrogens with one attached hydrogen (secondary N) is 2. The van der Waals surface area contributed by atoms with Crippen LogP contribution in [0.2, 0.25) is 0 Å². The molecule has 0 aliphatic carbocycles. The Hall–Kier alpha value is -1.56. The molecule has 1 fully saturated rings. The fraction of sp³-hybridized carbons (Fsp3) is 0.556. The van der Waals surface area contributed by atoms with Crippen LogP contribution in [0.4, 0.5) is 5.82 Å². The Morgan fingerprint density at radius 3 is 2.80 bits per heavy atom. The van der Waals surface area contributed by atoms with Gasteiger partial charge in [0, 0.05) is 19.2 Å². The van der Waals surface area contributed by atoms with Crippen molar-refractivity contribution in [2.75, 3.05) is 18.8 Å². The molecule has 2 heterocycles. The van der Waals surface area contributed by atoms with Gasteiger partial charge in [-0.05, 0) is 12.8 Å². The number of aromatic amines is 1. The molecule has 1 saturated heterocycles. The van der Waals surface area contributed by atoms with E-state index in [1.165, 1.54) is 12.5 Å². The lowest BCUT2D eigenvalue weighted by Crippen LogP contribution is -2.45. The Labute approximate surface area is 87.8 Å². The van der Waals surface area contributed by atoms with Crippen LogP contribution in [0.15, 0.2) is 6.07 Å². The van der Waals surface area contributed by atoms with Gasteiger partial charge in [-0.2, -0.15) is 5.10 Å². The summed E-state index contributed by atoms with van der Waals surface area (Å²) in [5, 5.41) is 8.22. The van der Waals surface area contributed by atoms with Gasteiger partial charge in [-0.25, -0.2) is 5.01 Å². The summed E-state index contributed by atoms with van der Waals surface area (Å²) in [7, 11) is 0. The van der Waals surface area contributed by atoms with E-state index in [1.807, 2.05) is 5.01 Å². The number of piperidine rings is 1. The topological polar surface area (TPSA) is 87.0 Å². The highest BCUT2D eigenvalue weighted by Crippen LogP contribution is 2.07. The summed E-state index contributed by atoms with van der Waals surface area (Å²) in [6.45, 7) is 1.82. The van der Waals surface area contributed by atoms with Crippen molar-refractivity contribution in [2.45, 2.75) is 19.3 Å². The normalized spacial score (nSPS) is 17.6. The highest BCUT2D eigenvalue weighted by molar-refractivity contribution is 5.92. The number of carbonyl (C=O) groups excluding carboxylic acids is 1. The summed E-state index contributed by atoms with van der Waals surface area (Å²) in [4.78, 5) is 11.6. The van der Waals surface area contributed by atoms with Crippen molar-refractivity contribution < 1.29 is 4.79 Å². The number of nitrogen functional groups attached to an aromatic ring is 1. The number of anilines is 1. The van der Waals surface area contributed by atoms with Crippen molar-refractivity contribution in [3.63, 3.8) is 0 Å². The molecule has 6 heteroatoms. The van der Waals surface area contributed by atoms with Gasteiger partial charge in [-0.3, -0.25) is 15.3 Å². The number of aromatic nitrogens is 2. The molecule has 4 N–H and O–H groups in total. The number of rotatable bonds is 2. The van der Waals surface area contributed by atoms with E-state index in [0.717, 1.165) is 25.9 Å². The molecule has 0 bridgehead atoms. The van der Waals surface area contributed by atoms with E-state index < -0.39 is 0 Å². The van der Waals surface area contributed by atoms with Crippen LogP contribution in [-0.4, -0.2) is 34.2 Å². The quantitative estimate of drug-likeness (QED) is 0.645. The zero-order valence-corrected chi connectivity index (χ0v) is 8.49. The van der Waals surface area contributed by atoms with Gasteiger partial charge in [-0.15, -0.1) is 0 Å². The molecule has 0 aromatic carbocycles. The van der Waals surface area contributed by atoms with E-state index in [-0.39, 0.29) is 5.91 Å². The summed E-state index contributed by atoms with van der Waals surface area (Å²) in [6.07, 6.45) is 3.50. The maximum Gasteiger partial charge on any atom is 0.283 e. The highest BCUT2D eigenvalue weighted by Gasteiger charge is 2.15. The molecule has 1 aliphatic rings. The first-order chi connectivity index (χ1) is 7.25. The number of nitrogens with two attached hydrogens (primary N) is 1. The molecule has 0 atom stereocenters. The molecule has 0 saturated carbocycles. The third-order valence-electron chi connectivity index (χ3n) is 2.46. The molecule has 0 radical (unpaired) electrons. The molecule has 15 heavy (non-hydrogen) atoms. The molecule has 6 nitrogen and oxygen atoms in total. The van der Waals surface area contributed by atoms with Crippen LogP contribution < -0.4 is 11.2 Å². The molecule has 82 valence electrons. The van der Waals surface area contributed by atoms with Crippen molar-refractivity contribution in [3.8, 4) is 0 Å². The molecule has 1 amide bonds. The van der Waals surface area contributed by atoms with E-state index in [4.69, 9.17) is 5.73 Å². The lowest BCUT2D eigenvalue weighted by molar-refractivity contribution is 0.0744. The van der Waals surface area contributed by atoms with Gasteiger partial charge < -0.3 is 5.73 Å². The Morgan fingerprint density at radius 2 is 2.20 bits per heavy atom. The summed E-state index contributed by atoms with van der Waals surface area (Å²) >= 11 is 0. The molecule has 1 aromatic heterocycles. The van der Waals surface area contributed by atoms with Gasteiger partial charge in [0.25, 0.3) is 5.91 Å². The number of carbonyl (C=O) groups is 1. The number of hydrogen-bond acceptors (Lipinski definition) is 4. The SMILES string of the molecule is Nc1cc(C(=O)NN2CCCCC2)[nH]n1. The molecule has 0 spiro atoms. The molecule has 1 aromatic rings. The Kier molecular flexibility index (Phi) is 2.86. The van der Waals surface area contributed by atoms with Crippen molar-refractivity contribution >= 4 is 11.7 Å². The maximum atomic E-state index is 11.6. The fourth-order valence-electron chi connectivity index (χ4n) is 1.66. The smallest absolute Gasteiger partial charge is 0.283 e.